The van der Waals surface area contributed by atoms with Gasteiger partial charge < -0.3 is 4.74 Å². The molecule has 1 rings (SSSR count). The molecule has 0 saturated heterocycles. The molecule has 0 saturated carbocycles. The first kappa shape index (κ1) is 17.7. The van der Waals surface area contributed by atoms with Gasteiger partial charge in [-0.3, -0.25) is 0 Å². The molecular formula is C14H20BrF3OSi. The Morgan fingerprint density at radius 1 is 1.20 bits per heavy atom. The van der Waals surface area contributed by atoms with Crippen molar-refractivity contribution in [1.29, 1.82) is 0 Å². The molecular weight excluding hydrogens is 349 g/mol. The summed E-state index contributed by atoms with van der Waals surface area (Å²) in [7, 11) is -0.871. The maximum Gasteiger partial charge on any atom is 0.416 e. The summed E-state index contributed by atoms with van der Waals surface area (Å²) >= 11 is 3.27. The lowest BCUT2D eigenvalue weighted by Gasteiger charge is -2.28. The average Bonchev–Trinajstić information content (AvgIpc) is 2.29. The van der Waals surface area contributed by atoms with E-state index in [0.717, 1.165) is 12.1 Å². The normalized spacial score (nSPS) is 13.1. The van der Waals surface area contributed by atoms with E-state index in [9.17, 15) is 13.2 Å². The van der Waals surface area contributed by atoms with Gasteiger partial charge in [0, 0.05) is 19.9 Å². The molecule has 1 nitrogen and oxygen atoms in total. The average molecular weight is 369 g/mol. The number of benzene rings is 1. The molecule has 0 aliphatic rings. The van der Waals surface area contributed by atoms with Crippen LogP contribution in [0, 0.1) is 0 Å². The molecule has 0 spiro atoms. The molecule has 0 aromatic heterocycles. The Morgan fingerprint density at radius 2 is 1.80 bits per heavy atom. The van der Waals surface area contributed by atoms with Gasteiger partial charge >= 0.3 is 6.18 Å². The molecule has 1 aromatic rings. The van der Waals surface area contributed by atoms with Crippen molar-refractivity contribution in [2.45, 2.75) is 44.8 Å². The molecule has 0 aliphatic heterocycles. The van der Waals surface area contributed by atoms with Crippen LogP contribution in [0.25, 0.3) is 0 Å². The van der Waals surface area contributed by atoms with Crippen molar-refractivity contribution in [2.24, 2.45) is 0 Å². The molecule has 0 atom stereocenters. The SMILES string of the molecule is C[SiH](C)C(C)(C)COCc1cc(C(F)(F)F)ccc1Br. The summed E-state index contributed by atoms with van der Waals surface area (Å²) in [6.07, 6.45) is -4.32. The summed E-state index contributed by atoms with van der Waals surface area (Å²) in [4.78, 5) is 0. The van der Waals surface area contributed by atoms with Crippen molar-refractivity contribution in [3.8, 4) is 0 Å². The first-order chi connectivity index (χ1) is 9.04. The minimum Gasteiger partial charge on any atom is -0.376 e. The summed E-state index contributed by atoms with van der Waals surface area (Å²) in [6, 6.07) is 3.63. The highest BCUT2D eigenvalue weighted by molar-refractivity contribution is 9.10. The Balaban J connectivity index is 2.74. The van der Waals surface area contributed by atoms with Gasteiger partial charge in [-0.05, 0) is 28.8 Å². The number of hydrogen-bond donors (Lipinski definition) is 0. The molecule has 0 aliphatic carbocycles. The third kappa shape index (κ3) is 4.89. The third-order valence-corrected chi connectivity index (χ3v) is 7.73. The van der Waals surface area contributed by atoms with E-state index in [0.29, 0.717) is 16.6 Å². The van der Waals surface area contributed by atoms with Gasteiger partial charge in [-0.1, -0.05) is 42.9 Å². The zero-order valence-electron chi connectivity index (χ0n) is 12.1. The largest absolute Gasteiger partial charge is 0.416 e. The van der Waals surface area contributed by atoms with Gasteiger partial charge in [0.05, 0.1) is 12.2 Å². The van der Waals surface area contributed by atoms with Crippen molar-refractivity contribution in [3.05, 3.63) is 33.8 Å². The van der Waals surface area contributed by atoms with E-state index in [1.54, 1.807) is 0 Å². The minimum atomic E-state index is -4.32. The van der Waals surface area contributed by atoms with Crippen LogP contribution in [0.3, 0.4) is 0 Å². The van der Waals surface area contributed by atoms with Crippen molar-refractivity contribution < 1.29 is 17.9 Å². The van der Waals surface area contributed by atoms with Crippen molar-refractivity contribution in [1.82, 2.24) is 0 Å². The number of ether oxygens (including phenoxy) is 1. The second-order valence-electron chi connectivity index (χ2n) is 5.94. The van der Waals surface area contributed by atoms with E-state index in [1.165, 1.54) is 6.07 Å². The highest BCUT2D eigenvalue weighted by atomic mass is 79.9. The van der Waals surface area contributed by atoms with E-state index in [1.807, 2.05) is 0 Å². The monoisotopic (exact) mass is 368 g/mol. The first-order valence-electron chi connectivity index (χ1n) is 6.47. The fourth-order valence-electron chi connectivity index (χ4n) is 1.45. The maximum atomic E-state index is 12.7. The van der Waals surface area contributed by atoms with Crippen LogP contribution >= 0.6 is 15.9 Å². The van der Waals surface area contributed by atoms with Gasteiger partial charge in [-0.25, -0.2) is 0 Å². The Labute approximate surface area is 128 Å². The lowest BCUT2D eigenvalue weighted by atomic mass is 10.1. The first-order valence-corrected chi connectivity index (χ1v) is 10.2. The van der Waals surface area contributed by atoms with Crippen molar-refractivity contribution in [2.75, 3.05) is 6.61 Å². The van der Waals surface area contributed by atoms with Crippen LogP contribution in [0.4, 0.5) is 13.2 Å². The van der Waals surface area contributed by atoms with Gasteiger partial charge in [-0.15, -0.1) is 0 Å². The Morgan fingerprint density at radius 3 is 2.30 bits per heavy atom. The zero-order chi connectivity index (χ0) is 15.6. The highest BCUT2D eigenvalue weighted by Crippen LogP contribution is 2.33. The van der Waals surface area contributed by atoms with E-state index in [-0.39, 0.29) is 11.6 Å². The van der Waals surface area contributed by atoms with Crippen molar-refractivity contribution in [3.63, 3.8) is 0 Å². The fraction of sp³-hybridized carbons (Fsp3) is 0.571. The van der Waals surface area contributed by atoms with Gasteiger partial charge in [0.15, 0.2) is 0 Å². The van der Waals surface area contributed by atoms with Crippen LogP contribution in [0.15, 0.2) is 22.7 Å². The van der Waals surface area contributed by atoms with Gasteiger partial charge in [0.2, 0.25) is 0 Å². The Kier molecular flexibility index (Phi) is 5.86. The van der Waals surface area contributed by atoms with Crippen LogP contribution in [0.2, 0.25) is 18.1 Å². The topological polar surface area (TPSA) is 9.23 Å². The van der Waals surface area contributed by atoms with E-state index >= 15 is 0 Å². The van der Waals surface area contributed by atoms with Crippen LogP contribution in [-0.2, 0) is 17.5 Å². The number of halogens is 4. The van der Waals surface area contributed by atoms with Crippen molar-refractivity contribution >= 4 is 24.7 Å². The molecule has 6 heteroatoms. The van der Waals surface area contributed by atoms with Crippen LogP contribution in [0.1, 0.15) is 25.0 Å². The van der Waals surface area contributed by atoms with Gasteiger partial charge in [0.25, 0.3) is 0 Å². The standard InChI is InChI=1S/C14H20BrF3OSi/c1-13(2,20(3)4)9-19-8-10-7-11(14(16,17)18)5-6-12(10)15/h5-7,20H,8-9H2,1-4H3. The molecule has 0 amide bonds. The minimum absolute atomic E-state index is 0.133. The highest BCUT2D eigenvalue weighted by Gasteiger charge is 2.31. The summed E-state index contributed by atoms with van der Waals surface area (Å²) in [5.41, 5.74) is -0.113. The summed E-state index contributed by atoms with van der Waals surface area (Å²) < 4.78 is 44.3. The maximum absolute atomic E-state index is 12.7. The lowest BCUT2D eigenvalue weighted by molar-refractivity contribution is -0.137. The van der Waals surface area contributed by atoms with Crippen LogP contribution in [-0.4, -0.2) is 15.4 Å². The molecule has 0 bridgehead atoms. The van der Waals surface area contributed by atoms with Crippen LogP contribution < -0.4 is 0 Å². The smallest absolute Gasteiger partial charge is 0.376 e. The summed E-state index contributed by atoms with van der Waals surface area (Å²) in [5.74, 6) is 0. The summed E-state index contributed by atoms with van der Waals surface area (Å²) in [5, 5.41) is 0.133. The number of alkyl halides is 3. The molecule has 0 radical (unpaired) electrons. The molecule has 1 aromatic carbocycles. The zero-order valence-corrected chi connectivity index (χ0v) is 14.9. The molecule has 0 unspecified atom stereocenters. The predicted octanol–water partition coefficient (Wildman–Crippen LogP) is 5.25. The van der Waals surface area contributed by atoms with Gasteiger partial charge in [0.1, 0.15) is 0 Å². The predicted molar refractivity (Wildman–Crippen MR) is 81.7 cm³/mol. The number of rotatable bonds is 5. The van der Waals surface area contributed by atoms with E-state index < -0.39 is 20.5 Å². The molecule has 20 heavy (non-hydrogen) atoms. The second-order valence-corrected chi connectivity index (χ2v) is 10.7. The number of hydrogen-bond acceptors (Lipinski definition) is 1. The van der Waals surface area contributed by atoms with Gasteiger partial charge in [-0.2, -0.15) is 13.2 Å². The van der Waals surface area contributed by atoms with E-state index in [4.69, 9.17) is 4.74 Å². The molecule has 0 N–H and O–H groups in total. The molecule has 114 valence electrons. The molecule has 0 heterocycles. The quantitative estimate of drug-likeness (QED) is 0.644. The Bertz CT molecular complexity index is 458. The lowest BCUT2D eigenvalue weighted by Crippen LogP contribution is -2.26. The van der Waals surface area contributed by atoms with Crippen LogP contribution in [0.5, 0.6) is 0 Å². The van der Waals surface area contributed by atoms with E-state index in [2.05, 4.69) is 42.9 Å². The second kappa shape index (κ2) is 6.62. The third-order valence-electron chi connectivity index (χ3n) is 3.67. The Hall–Kier alpha value is -0.333. The summed E-state index contributed by atoms with van der Waals surface area (Å²) in [6.45, 7) is 9.53. The molecule has 0 fully saturated rings. The fourth-order valence-corrected chi connectivity index (χ4v) is 2.26.